The summed E-state index contributed by atoms with van der Waals surface area (Å²) in [5.41, 5.74) is 0.886. The summed E-state index contributed by atoms with van der Waals surface area (Å²) >= 11 is 0. The van der Waals surface area contributed by atoms with Crippen LogP contribution in [0.3, 0.4) is 0 Å². The first-order valence-electron chi connectivity index (χ1n) is 6.63. The average Bonchev–Trinajstić information content (AvgIpc) is 2.38. The molecule has 0 N–H and O–H groups in total. The number of rotatable bonds is 3. The van der Waals surface area contributed by atoms with Gasteiger partial charge in [0, 0.05) is 10.7 Å². The van der Waals surface area contributed by atoms with Crippen LogP contribution in [0.25, 0.3) is 0 Å². The largest absolute Gasteiger partial charge is 0.459 e. The van der Waals surface area contributed by atoms with Crippen molar-refractivity contribution < 1.29 is 17.9 Å². The number of ether oxygens (including phenoxy) is 1. The lowest BCUT2D eigenvalue weighted by Gasteiger charge is -2.21. The van der Waals surface area contributed by atoms with E-state index in [1.54, 1.807) is 13.0 Å². The second-order valence-corrected chi connectivity index (χ2v) is 7.70. The van der Waals surface area contributed by atoms with Gasteiger partial charge in [0.05, 0.1) is 10.5 Å². The van der Waals surface area contributed by atoms with E-state index < -0.39 is 15.0 Å². The molecule has 1 saturated carbocycles. The van der Waals surface area contributed by atoms with Crippen molar-refractivity contribution >= 4 is 25.7 Å². The highest BCUT2D eigenvalue weighted by Gasteiger charge is 2.20. The monoisotopic (exact) mass is 316 g/mol. The molecular weight excluding hydrogens is 300 g/mol. The van der Waals surface area contributed by atoms with Crippen molar-refractivity contribution in [2.75, 3.05) is 0 Å². The lowest BCUT2D eigenvalue weighted by atomic mass is 9.98. The Kier molecular flexibility index (Phi) is 4.70. The quantitative estimate of drug-likeness (QED) is 0.633. The molecule has 0 radical (unpaired) electrons. The highest BCUT2D eigenvalue weighted by atomic mass is 35.7. The predicted octanol–water partition coefficient (Wildman–Crippen LogP) is 3.41. The van der Waals surface area contributed by atoms with Crippen molar-refractivity contribution in [1.29, 1.82) is 0 Å². The molecule has 0 amide bonds. The van der Waals surface area contributed by atoms with Crippen molar-refractivity contribution in [2.24, 2.45) is 0 Å². The molecule has 110 valence electrons. The predicted molar refractivity (Wildman–Crippen MR) is 76.5 cm³/mol. The average molecular weight is 317 g/mol. The van der Waals surface area contributed by atoms with Gasteiger partial charge in [-0.2, -0.15) is 0 Å². The van der Waals surface area contributed by atoms with E-state index in [4.69, 9.17) is 15.4 Å². The number of halogens is 1. The minimum atomic E-state index is -3.85. The molecule has 0 unspecified atom stereocenters. The molecule has 1 aromatic carbocycles. The number of esters is 1. The Morgan fingerprint density at radius 1 is 1.20 bits per heavy atom. The standard InChI is InChI=1S/C14H17ClO4S/c1-10-7-11(9-13(8-10)20(15,17)18)14(16)19-12-5-3-2-4-6-12/h7-9,12H,2-6H2,1H3. The minimum Gasteiger partial charge on any atom is -0.459 e. The number of aryl methyl sites for hydroxylation is 1. The fraction of sp³-hybridized carbons (Fsp3) is 0.500. The third-order valence-electron chi connectivity index (χ3n) is 3.39. The van der Waals surface area contributed by atoms with E-state index in [1.165, 1.54) is 18.6 Å². The Morgan fingerprint density at radius 3 is 2.45 bits per heavy atom. The van der Waals surface area contributed by atoms with Gasteiger partial charge in [-0.15, -0.1) is 0 Å². The van der Waals surface area contributed by atoms with Gasteiger partial charge >= 0.3 is 5.97 Å². The molecule has 1 aliphatic carbocycles. The normalized spacial score (nSPS) is 16.9. The van der Waals surface area contributed by atoms with Crippen LogP contribution >= 0.6 is 10.7 Å². The van der Waals surface area contributed by atoms with Crippen LogP contribution in [0, 0.1) is 6.92 Å². The van der Waals surface area contributed by atoms with E-state index in [0.29, 0.717) is 5.56 Å². The van der Waals surface area contributed by atoms with Gasteiger partial charge in [-0.1, -0.05) is 6.42 Å². The Hall–Kier alpha value is -1.07. The van der Waals surface area contributed by atoms with Gasteiger partial charge in [0.15, 0.2) is 0 Å². The Bertz CT molecular complexity index is 604. The summed E-state index contributed by atoms with van der Waals surface area (Å²) in [6.07, 6.45) is 4.98. The first kappa shape index (κ1) is 15.3. The molecular formula is C14H17ClO4S. The van der Waals surface area contributed by atoms with Gasteiger partial charge < -0.3 is 4.74 Å². The third kappa shape index (κ3) is 3.96. The number of carbonyl (C=O) groups excluding carboxylic acids is 1. The van der Waals surface area contributed by atoms with Gasteiger partial charge in [0.1, 0.15) is 6.10 Å². The minimum absolute atomic E-state index is 0.0622. The molecule has 0 atom stereocenters. The van der Waals surface area contributed by atoms with Gasteiger partial charge in [-0.05, 0) is 56.4 Å². The van der Waals surface area contributed by atoms with E-state index in [-0.39, 0.29) is 16.6 Å². The zero-order valence-electron chi connectivity index (χ0n) is 11.3. The molecule has 0 aliphatic heterocycles. The molecule has 0 bridgehead atoms. The smallest absolute Gasteiger partial charge is 0.338 e. The van der Waals surface area contributed by atoms with Crippen molar-refractivity contribution in [1.82, 2.24) is 0 Å². The molecule has 1 fully saturated rings. The number of hydrogen-bond acceptors (Lipinski definition) is 4. The summed E-state index contributed by atoms with van der Waals surface area (Å²) in [6.45, 7) is 1.71. The first-order valence-corrected chi connectivity index (χ1v) is 8.94. The molecule has 2 rings (SSSR count). The van der Waals surface area contributed by atoms with Crippen LogP contribution < -0.4 is 0 Å². The molecule has 6 heteroatoms. The molecule has 0 heterocycles. The van der Waals surface area contributed by atoms with Crippen molar-refractivity contribution in [2.45, 2.75) is 50.0 Å². The maximum Gasteiger partial charge on any atom is 0.338 e. The van der Waals surface area contributed by atoms with E-state index in [9.17, 15) is 13.2 Å². The SMILES string of the molecule is Cc1cc(C(=O)OC2CCCCC2)cc(S(=O)(=O)Cl)c1. The number of benzene rings is 1. The highest BCUT2D eigenvalue weighted by molar-refractivity contribution is 8.13. The summed E-state index contributed by atoms with van der Waals surface area (Å²) in [7, 11) is 1.47. The molecule has 1 aromatic rings. The summed E-state index contributed by atoms with van der Waals surface area (Å²) in [4.78, 5) is 12.0. The number of hydrogen-bond donors (Lipinski definition) is 0. The fourth-order valence-corrected chi connectivity index (χ4v) is 3.27. The lowest BCUT2D eigenvalue weighted by molar-refractivity contribution is 0.0211. The Labute approximate surface area is 123 Å². The van der Waals surface area contributed by atoms with E-state index in [1.807, 2.05) is 0 Å². The molecule has 0 saturated heterocycles. The highest BCUT2D eigenvalue weighted by Crippen LogP contribution is 2.23. The van der Waals surface area contributed by atoms with Gasteiger partial charge in [0.2, 0.25) is 0 Å². The molecule has 20 heavy (non-hydrogen) atoms. The molecule has 4 nitrogen and oxygen atoms in total. The molecule has 1 aliphatic rings. The second kappa shape index (κ2) is 6.14. The first-order chi connectivity index (χ1) is 9.36. The fourth-order valence-electron chi connectivity index (χ4n) is 2.41. The summed E-state index contributed by atoms with van der Waals surface area (Å²) < 4.78 is 28.1. The maximum atomic E-state index is 12.1. The second-order valence-electron chi connectivity index (χ2n) is 5.14. The zero-order chi connectivity index (χ0) is 14.8. The summed E-state index contributed by atoms with van der Waals surface area (Å²) in [5, 5.41) is 0. The Balaban J connectivity index is 2.19. The van der Waals surface area contributed by atoms with Crippen molar-refractivity contribution in [3.05, 3.63) is 29.3 Å². The van der Waals surface area contributed by atoms with Crippen LogP contribution in [0.15, 0.2) is 23.1 Å². The van der Waals surface area contributed by atoms with Gasteiger partial charge in [-0.3, -0.25) is 0 Å². The number of carbonyl (C=O) groups is 1. The van der Waals surface area contributed by atoms with Crippen LogP contribution in [0.4, 0.5) is 0 Å². The third-order valence-corrected chi connectivity index (χ3v) is 4.73. The molecule has 0 aromatic heterocycles. The topological polar surface area (TPSA) is 60.4 Å². The van der Waals surface area contributed by atoms with Crippen LogP contribution in [0.2, 0.25) is 0 Å². The lowest BCUT2D eigenvalue weighted by Crippen LogP contribution is -2.21. The maximum absolute atomic E-state index is 12.1. The van der Waals surface area contributed by atoms with Crippen molar-refractivity contribution in [3.63, 3.8) is 0 Å². The summed E-state index contributed by atoms with van der Waals surface area (Å²) in [6, 6.07) is 4.30. The van der Waals surface area contributed by atoms with Gasteiger partial charge in [0.25, 0.3) is 9.05 Å². The van der Waals surface area contributed by atoms with Crippen LogP contribution in [0.5, 0.6) is 0 Å². The molecule has 0 spiro atoms. The van der Waals surface area contributed by atoms with E-state index in [0.717, 1.165) is 25.7 Å². The van der Waals surface area contributed by atoms with Crippen LogP contribution in [-0.4, -0.2) is 20.5 Å². The van der Waals surface area contributed by atoms with Gasteiger partial charge in [-0.25, -0.2) is 13.2 Å². The van der Waals surface area contributed by atoms with E-state index >= 15 is 0 Å². The van der Waals surface area contributed by atoms with E-state index in [2.05, 4.69) is 0 Å². The zero-order valence-corrected chi connectivity index (χ0v) is 12.8. The summed E-state index contributed by atoms with van der Waals surface area (Å²) in [5.74, 6) is -0.484. The van der Waals surface area contributed by atoms with Crippen molar-refractivity contribution in [3.8, 4) is 0 Å². The Morgan fingerprint density at radius 2 is 1.85 bits per heavy atom. The van der Waals surface area contributed by atoms with Crippen LogP contribution in [0.1, 0.15) is 48.0 Å². The van der Waals surface area contributed by atoms with Crippen LogP contribution in [-0.2, 0) is 13.8 Å².